The van der Waals surface area contributed by atoms with E-state index in [0.717, 1.165) is 9.13 Å². The van der Waals surface area contributed by atoms with Gasteiger partial charge in [-0.25, -0.2) is 9.59 Å². The second-order valence-corrected chi connectivity index (χ2v) is 6.04. The highest BCUT2D eigenvalue weighted by Gasteiger charge is 2.19. The van der Waals surface area contributed by atoms with Gasteiger partial charge < -0.3 is 0 Å². The first-order valence-corrected chi connectivity index (χ1v) is 7.44. The van der Waals surface area contributed by atoms with Crippen molar-refractivity contribution < 1.29 is 0 Å². The third-order valence-electron chi connectivity index (χ3n) is 3.80. The topological polar surface area (TPSA) is 88.0 Å². The van der Waals surface area contributed by atoms with E-state index < -0.39 is 22.5 Å². The minimum atomic E-state index is -0.540. The quantitative estimate of drug-likeness (QED) is 0.514. The molecular weight excluding hydrogens is 340 g/mol. The molecule has 0 aromatic carbocycles. The zero-order valence-electron chi connectivity index (χ0n) is 13.0. The van der Waals surface area contributed by atoms with Gasteiger partial charge >= 0.3 is 11.4 Å². The average Bonchev–Trinajstić information content (AvgIpc) is 2.54. The lowest BCUT2D eigenvalue weighted by atomic mass is 10.1. The van der Waals surface area contributed by atoms with Crippen molar-refractivity contribution in [2.24, 2.45) is 28.2 Å². The second kappa shape index (κ2) is 5.93. The van der Waals surface area contributed by atoms with Gasteiger partial charge in [0.15, 0.2) is 0 Å². The lowest BCUT2D eigenvalue weighted by Crippen LogP contribution is -2.42. The normalized spacial score (nSPS) is 11.0. The van der Waals surface area contributed by atoms with Crippen LogP contribution in [0.15, 0.2) is 29.2 Å². The molecule has 2 heterocycles. The van der Waals surface area contributed by atoms with Gasteiger partial charge in [0.25, 0.3) is 11.1 Å². The van der Waals surface area contributed by atoms with E-state index in [-0.39, 0.29) is 27.6 Å². The highest BCUT2D eigenvalue weighted by Crippen LogP contribution is 2.14. The van der Waals surface area contributed by atoms with E-state index in [0.29, 0.717) is 0 Å². The number of nitrogens with zero attached hydrogens (tertiary/aromatic N) is 4. The maximum atomic E-state index is 12.3. The summed E-state index contributed by atoms with van der Waals surface area (Å²) in [6.07, 6.45) is -0.0841. The van der Waals surface area contributed by atoms with Crippen LogP contribution in [-0.4, -0.2) is 18.3 Å². The lowest BCUT2D eigenvalue weighted by molar-refractivity contribution is 0.601. The first-order chi connectivity index (χ1) is 10.6. The third kappa shape index (κ3) is 2.61. The Kier molecular flexibility index (Phi) is 4.49. The first kappa shape index (κ1) is 17.4. The van der Waals surface area contributed by atoms with Crippen LogP contribution in [0.2, 0.25) is 0 Å². The van der Waals surface area contributed by atoms with Gasteiger partial charge in [-0.3, -0.25) is 27.9 Å². The van der Waals surface area contributed by atoms with Gasteiger partial charge in [-0.15, -0.1) is 25.3 Å². The van der Waals surface area contributed by atoms with Crippen LogP contribution in [0.1, 0.15) is 11.1 Å². The van der Waals surface area contributed by atoms with Crippen LogP contribution < -0.4 is 22.5 Å². The molecule has 0 spiro atoms. The highest BCUT2D eigenvalue weighted by molar-refractivity contribution is 7.80. The lowest BCUT2D eigenvalue weighted by Gasteiger charge is -2.14. The van der Waals surface area contributed by atoms with Gasteiger partial charge in [0.1, 0.15) is 0 Å². The molecule has 2 aromatic rings. The van der Waals surface area contributed by atoms with Crippen LogP contribution >= 0.6 is 25.3 Å². The van der Waals surface area contributed by atoms with E-state index in [9.17, 15) is 19.2 Å². The Morgan fingerprint density at radius 3 is 1.26 bits per heavy atom. The molecule has 0 aliphatic rings. The fourth-order valence-corrected chi connectivity index (χ4v) is 2.81. The molecule has 0 unspecified atom stereocenters. The predicted molar refractivity (Wildman–Crippen MR) is 91.2 cm³/mol. The molecule has 0 amide bonds. The Morgan fingerprint density at radius 2 is 0.957 bits per heavy atom. The molecule has 0 aliphatic carbocycles. The summed E-state index contributed by atoms with van der Waals surface area (Å²) in [7, 11) is 5.66. The molecular formula is C13H16N4O4S2. The van der Waals surface area contributed by atoms with Crippen molar-refractivity contribution in [2.45, 2.75) is 16.5 Å². The second-order valence-electron chi connectivity index (χ2n) is 5.19. The van der Waals surface area contributed by atoms with Gasteiger partial charge in [-0.05, 0) is 0 Å². The molecule has 0 fully saturated rings. The van der Waals surface area contributed by atoms with E-state index in [4.69, 9.17) is 0 Å². The highest BCUT2D eigenvalue weighted by atomic mass is 32.1. The summed E-state index contributed by atoms with van der Waals surface area (Å²) in [6.45, 7) is 0. The molecule has 0 radical (unpaired) electrons. The Bertz CT molecular complexity index is 959. The smallest absolute Gasteiger partial charge is 0.291 e. The maximum Gasteiger partial charge on any atom is 0.331 e. The largest absolute Gasteiger partial charge is 0.331 e. The van der Waals surface area contributed by atoms with E-state index in [1.807, 2.05) is 0 Å². The van der Waals surface area contributed by atoms with Crippen LogP contribution in [0, 0.1) is 0 Å². The van der Waals surface area contributed by atoms with Crippen LogP contribution in [0.25, 0.3) is 0 Å². The summed E-state index contributed by atoms with van der Waals surface area (Å²) in [5, 5.41) is 0.337. The Hall–Kier alpha value is -1.94. The molecule has 23 heavy (non-hydrogen) atoms. The number of rotatable bonds is 2. The van der Waals surface area contributed by atoms with Crippen molar-refractivity contribution in [3.8, 4) is 0 Å². The summed E-state index contributed by atoms with van der Waals surface area (Å²) in [5.41, 5.74) is -1.73. The Balaban J connectivity index is 2.82. The first-order valence-electron chi connectivity index (χ1n) is 6.55. The van der Waals surface area contributed by atoms with E-state index >= 15 is 0 Å². The maximum absolute atomic E-state index is 12.3. The Morgan fingerprint density at radius 1 is 0.652 bits per heavy atom. The molecule has 2 aromatic heterocycles. The van der Waals surface area contributed by atoms with Crippen molar-refractivity contribution >= 4 is 25.3 Å². The van der Waals surface area contributed by atoms with E-state index in [1.165, 1.54) is 37.3 Å². The SMILES string of the molecule is Cn1c(S)c(Cc2c(S)n(C)c(=O)n(C)c2=O)c(=O)n(C)c1=O. The fourth-order valence-electron chi connectivity index (χ4n) is 2.29. The van der Waals surface area contributed by atoms with E-state index in [1.54, 1.807) is 0 Å². The summed E-state index contributed by atoms with van der Waals surface area (Å²) in [4.78, 5) is 48.4. The van der Waals surface area contributed by atoms with Gasteiger partial charge in [-0.2, -0.15) is 0 Å². The summed E-state index contributed by atoms with van der Waals surface area (Å²) >= 11 is 8.43. The number of aromatic nitrogens is 4. The molecule has 0 bridgehead atoms. The van der Waals surface area contributed by atoms with Crippen molar-refractivity contribution in [3.05, 3.63) is 52.8 Å². The van der Waals surface area contributed by atoms with Crippen molar-refractivity contribution in [3.63, 3.8) is 0 Å². The number of thiol groups is 2. The minimum absolute atomic E-state index is 0.0841. The van der Waals surface area contributed by atoms with Crippen LogP contribution in [0.3, 0.4) is 0 Å². The molecule has 0 saturated heterocycles. The third-order valence-corrected chi connectivity index (χ3v) is 4.94. The zero-order chi connectivity index (χ0) is 17.6. The number of hydrogen-bond acceptors (Lipinski definition) is 6. The molecule has 0 atom stereocenters. The monoisotopic (exact) mass is 356 g/mol. The van der Waals surface area contributed by atoms with Crippen molar-refractivity contribution in [1.29, 1.82) is 0 Å². The molecule has 10 heteroatoms. The minimum Gasteiger partial charge on any atom is -0.291 e. The van der Waals surface area contributed by atoms with Gasteiger partial charge in [-0.1, -0.05) is 0 Å². The standard InChI is InChI=1S/C13H16N4O4S2/c1-14-8(18)6(10(22)16(3)12(14)20)5-7-9(19)15(2)13(21)17(4)11(7)23/h22-23H,5H2,1-4H3. The van der Waals surface area contributed by atoms with E-state index in [2.05, 4.69) is 25.3 Å². The summed E-state index contributed by atoms with van der Waals surface area (Å²) in [6, 6.07) is 0. The van der Waals surface area contributed by atoms with Gasteiger partial charge in [0.2, 0.25) is 0 Å². The number of hydrogen-bond donors (Lipinski definition) is 2. The molecule has 8 nitrogen and oxygen atoms in total. The predicted octanol–water partition coefficient (Wildman–Crippen LogP) is -1.35. The van der Waals surface area contributed by atoms with Crippen molar-refractivity contribution in [2.75, 3.05) is 0 Å². The van der Waals surface area contributed by atoms with Gasteiger partial charge in [0.05, 0.1) is 21.2 Å². The van der Waals surface area contributed by atoms with Crippen molar-refractivity contribution in [1.82, 2.24) is 18.3 Å². The average molecular weight is 356 g/mol. The van der Waals surface area contributed by atoms with Crippen LogP contribution in [0.5, 0.6) is 0 Å². The molecule has 124 valence electrons. The molecule has 0 saturated carbocycles. The summed E-state index contributed by atoms with van der Waals surface area (Å²) in [5.74, 6) is 0. The molecule has 0 N–H and O–H groups in total. The Labute approximate surface area is 141 Å². The molecule has 2 rings (SSSR count). The summed E-state index contributed by atoms with van der Waals surface area (Å²) < 4.78 is 4.31. The fraction of sp³-hybridized carbons (Fsp3) is 0.385. The van der Waals surface area contributed by atoms with Crippen LogP contribution in [0.4, 0.5) is 0 Å². The van der Waals surface area contributed by atoms with Crippen LogP contribution in [-0.2, 0) is 34.6 Å². The molecule has 0 aliphatic heterocycles. The zero-order valence-corrected chi connectivity index (χ0v) is 14.8. The van der Waals surface area contributed by atoms with Gasteiger partial charge in [0, 0.05) is 34.6 Å².